The Balaban J connectivity index is 0.00000272. The molecule has 2 aromatic rings. The van der Waals surface area contributed by atoms with Gasteiger partial charge < -0.3 is 14.6 Å². The van der Waals surface area contributed by atoms with Crippen LogP contribution in [0.4, 0.5) is 18.9 Å². The van der Waals surface area contributed by atoms with Crippen LogP contribution < -0.4 is 10.3 Å². The Labute approximate surface area is 198 Å². The Kier molecular flexibility index (Phi) is 6.83. The Morgan fingerprint density at radius 1 is 1.26 bits per heavy atom. The molecule has 1 unspecified atom stereocenters. The third-order valence-corrected chi connectivity index (χ3v) is 6.24. The van der Waals surface area contributed by atoms with Crippen molar-refractivity contribution >= 4 is 58.1 Å². The molecule has 170 valence electrons. The predicted molar refractivity (Wildman–Crippen MR) is 123 cm³/mol. The molecule has 4 rings (SSSR count). The number of alkyl halides is 3. The normalized spacial score (nSPS) is 19.4. The number of nitrogens with zero attached hydrogens (tertiary/aromatic N) is 3. The van der Waals surface area contributed by atoms with Crippen LogP contribution in [0.15, 0.2) is 17.1 Å². The highest BCUT2D eigenvalue weighted by atomic mass is 127. The lowest BCUT2D eigenvalue weighted by Gasteiger charge is -2.39. The number of rotatable bonds is 3. The molecule has 1 saturated heterocycles. The van der Waals surface area contributed by atoms with E-state index < -0.39 is 24.1 Å². The maximum absolute atomic E-state index is 12.8. The van der Waals surface area contributed by atoms with Gasteiger partial charge in [-0.3, -0.25) is 9.69 Å². The first kappa shape index (κ1) is 24.1. The SMILES string of the molecule is CC1CCc2c(N3CCN(CC(F)(F)F)CC3)c(Cl)cc3c(=O)c(C(=O)O)cn1c23.I. The summed E-state index contributed by atoms with van der Waals surface area (Å²) in [5.41, 5.74) is 1.38. The molecule has 0 radical (unpaired) electrons. The number of hydrogen-bond donors (Lipinski definition) is 1. The fourth-order valence-electron chi connectivity index (χ4n) is 4.51. The lowest BCUT2D eigenvalue weighted by Crippen LogP contribution is -2.49. The number of aromatic carboxylic acids is 1. The van der Waals surface area contributed by atoms with E-state index in [1.807, 2.05) is 16.4 Å². The number of carboxylic acid groups (broad SMARTS) is 1. The van der Waals surface area contributed by atoms with Crippen molar-refractivity contribution in [1.82, 2.24) is 9.47 Å². The third kappa shape index (κ3) is 4.51. The van der Waals surface area contributed by atoms with Crippen LogP contribution in [0.3, 0.4) is 0 Å². The lowest BCUT2D eigenvalue weighted by atomic mass is 9.93. The number of pyridine rings is 1. The highest BCUT2D eigenvalue weighted by Gasteiger charge is 2.34. The summed E-state index contributed by atoms with van der Waals surface area (Å²) >= 11 is 6.55. The molecule has 0 spiro atoms. The molecule has 1 aromatic carbocycles. The van der Waals surface area contributed by atoms with Gasteiger partial charge in [0.2, 0.25) is 5.43 Å². The van der Waals surface area contributed by atoms with Crippen molar-refractivity contribution < 1.29 is 23.1 Å². The number of hydrogen-bond acceptors (Lipinski definition) is 4. The Hall–Kier alpha value is -1.53. The molecule has 0 amide bonds. The molecule has 1 N–H and O–H groups in total. The van der Waals surface area contributed by atoms with Gasteiger partial charge in [-0.1, -0.05) is 11.6 Å². The first-order valence-electron chi connectivity index (χ1n) is 9.74. The van der Waals surface area contributed by atoms with Crippen molar-refractivity contribution in [2.45, 2.75) is 32.0 Å². The molecule has 6 nitrogen and oxygen atoms in total. The van der Waals surface area contributed by atoms with E-state index >= 15 is 0 Å². The standard InChI is InChI=1S/C20H21ClF3N3O3.HI/c1-11-2-3-12-16-13(18(28)14(19(29)30)9-27(11)16)8-15(21)17(12)26-6-4-25(5-7-26)10-20(22,23)24;/h8-9,11H,2-7,10H2,1H3,(H,29,30);1H. The second kappa shape index (κ2) is 8.78. The Morgan fingerprint density at radius 2 is 1.90 bits per heavy atom. The second-order valence-electron chi connectivity index (χ2n) is 7.93. The fraction of sp³-hybridized carbons (Fsp3) is 0.500. The van der Waals surface area contributed by atoms with Crippen molar-refractivity contribution in [2.24, 2.45) is 0 Å². The number of benzene rings is 1. The maximum atomic E-state index is 12.8. The number of halogens is 5. The van der Waals surface area contributed by atoms with Crippen molar-refractivity contribution in [2.75, 3.05) is 37.6 Å². The van der Waals surface area contributed by atoms with E-state index in [1.165, 1.54) is 17.2 Å². The number of anilines is 1. The van der Waals surface area contributed by atoms with E-state index in [2.05, 4.69) is 0 Å². The number of aryl methyl sites for hydroxylation is 1. The van der Waals surface area contributed by atoms with Gasteiger partial charge in [-0.2, -0.15) is 13.2 Å². The molecule has 1 fully saturated rings. The zero-order valence-electron chi connectivity index (χ0n) is 16.7. The fourth-order valence-corrected chi connectivity index (χ4v) is 4.85. The van der Waals surface area contributed by atoms with E-state index in [9.17, 15) is 27.9 Å². The zero-order chi connectivity index (χ0) is 21.8. The Bertz CT molecular complexity index is 1080. The molecular formula is C20H22ClF3IN3O3. The van der Waals surface area contributed by atoms with Crippen LogP contribution in [0.1, 0.15) is 35.3 Å². The van der Waals surface area contributed by atoms with Gasteiger partial charge in [-0.15, -0.1) is 24.0 Å². The van der Waals surface area contributed by atoms with E-state index in [4.69, 9.17) is 11.6 Å². The summed E-state index contributed by atoms with van der Waals surface area (Å²) in [5.74, 6) is -1.29. The molecule has 0 bridgehead atoms. The van der Waals surface area contributed by atoms with Crippen molar-refractivity contribution in [3.8, 4) is 0 Å². The third-order valence-electron chi connectivity index (χ3n) is 5.95. The van der Waals surface area contributed by atoms with Gasteiger partial charge in [0.05, 0.1) is 22.8 Å². The van der Waals surface area contributed by atoms with Crippen LogP contribution in [-0.4, -0.2) is 59.4 Å². The van der Waals surface area contributed by atoms with Gasteiger partial charge in [0.1, 0.15) is 5.56 Å². The molecule has 31 heavy (non-hydrogen) atoms. The molecule has 2 aliphatic heterocycles. The molecular weight excluding hydrogens is 550 g/mol. The number of carbonyl (C=O) groups is 1. The number of aromatic nitrogens is 1. The average molecular weight is 572 g/mol. The molecule has 3 heterocycles. The molecule has 11 heteroatoms. The van der Waals surface area contributed by atoms with Gasteiger partial charge >= 0.3 is 12.1 Å². The summed E-state index contributed by atoms with van der Waals surface area (Å²) in [6.45, 7) is 2.32. The van der Waals surface area contributed by atoms with Crippen molar-refractivity contribution in [1.29, 1.82) is 0 Å². The molecule has 1 aromatic heterocycles. The molecule has 1 atom stereocenters. The first-order chi connectivity index (χ1) is 14.1. The molecule has 0 aliphatic carbocycles. The van der Waals surface area contributed by atoms with Gasteiger partial charge in [-0.25, -0.2) is 4.79 Å². The van der Waals surface area contributed by atoms with Crippen molar-refractivity contribution in [3.05, 3.63) is 38.6 Å². The van der Waals surface area contributed by atoms with Crippen LogP contribution in [0.25, 0.3) is 10.9 Å². The number of piperazine rings is 1. The summed E-state index contributed by atoms with van der Waals surface area (Å²) < 4.78 is 39.9. The maximum Gasteiger partial charge on any atom is 0.401 e. The minimum absolute atomic E-state index is 0. The summed E-state index contributed by atoms with van der Waals surface area (Å²) in [4.78, 5) is 27.6. The van der Waals surface area contributed by atoms with E-state index in [1.54, 1.807) is 0 Å². The van der Waals surface area contributed by atoms with Crippen molar-refractivity contribution in [3.63, 3.8) is 0 Å². The van der Waals surface area contributed by atoms with Crippen LogP contribution in [-0.2, 0) is 6.42 Å². The number of carboxylic acids is 1. The molecule has 2 aliphatic rings. The molecule has 0 saturated carbocycles. The van der Waals surface area contributed by atoms with Crippen LogP contribution in [0.5, 0.6) is 0 Å². The average Bonchev–Trinajstić information content (AvgIpc) is 2.65. The predicted octanol–water partition coefficient (Wildman–Crippen LogP) is 4.16. The smallest absolute Gasteiger partial charge is 0.401 e. The van der Waals surface area contributed by atoms with E-state index in [0.29, 0.717) is 30.0 Å². The summed E-state index contributed by atoms with van der Waals surface area (Å²) in [5, 5.41) is 10.00. The van der Waals surface area contributed by atoms with Gasteiger partial charge in [0, 0.05) is 49.4 Å². The summed E-state index contributed by atoms with van der Waals surface area (Å²) in [7, 11) is 0. The van der Waals surface area contributed by atoms with Crippen LogP contribution >= 0.6 is 35.6 Å². The van der Waals surface area contributed by atoms with E-state index in [0.717, 1.165) is 17.7 Å². The zero-order valence-corrected chi connectivity index (χ0v) is 19.8. The summed E-state index contributed by atoms with van der Waals surface area (Å²) in [6.07, 6.45) is -1.45. The van der Waals surface area contributed by atoms with Gasteiger partial charge in [0.25, 0.3) is 0 Å². The monoisotopic (exact) mass is 571 g/mol. The minimum atomic E-state index is -4.23. The van der Waals surface area contributed by atoms with Gasteiger partial charge in [-0.05, 0) is 25.8 Å². The largest absolute Gasteiger partial charge is 0.477 e. The second-order valence-corrected chi connectivity index (χ2v) is 8.34. The van der Waals surface area contributed by atoms with Gasteiger partial charge in [0.15, 0.2) is 0 Å². The van der Waals surface area contributed by atoms with Crippen LogP contribution in [0, 0.1) is 0 Å². The summed E-state index contributed by atoms with van der Waals surface area (Å²) in [6, 6.07) is 1.51. The topological polar surface area (TPSA) is 65.8 Å². The first-order valence-corrected chi connectivity index (χ1v) is 10.1. The highest BCUT2D eigenvalue weighted by Crippen LogP contribution is 2.41. The quantitative estimate of drug-likeness (QED) is 0.561. The highest BCUT2D eigenvalue weighted by molar-refractivity contribution is 14.0. The van der Waals surface area contributed by atoms with Crippen LogP contribution in [0.2, 0.25) is 5.02 Å². The van der Waals surface area contributed by atoms with E-state index in [-0.39, 0.29) is 54.1 Å². The lowest BCUT2D eigenvalue weighted by molar-refractivity contribution is -0.146. The Morgan fingerprint density at radius 3 is 2.48 bits per heavy atom. The minimum Gasteiger partial charge on any atom is -0.477 e.